The molecule has 1 saturated heterocycles. The molecule has 2 aromatic carbocycles. The van der Waals surface area contributed by atoms with Crippen molar-refractivity contribution in [2.24, 2.45) is 0 Å². The fourth-order valence-corrected chi connectivity index (χ4v) is 3.83. The van der Waals surface area contributed by atoms with Crippen molar-refractivity contribution in [2.45, 2.75) is 12.6 Å². The molecule has 3 aromatic rings. The third-order valence-corrected chi connectivity index (χ3v) is 5.44. The fraction of sp³-hybridized carbons (Fsp3) is 0.154. The van der Waals surface area contributed by atoms with Gasteiger partial charge in [-0.1, -0.05) is 24.8 Å². The SMILES string of the molecule is C=CCOc1ccc([C@H]2C(=C(O)c3ccc(OC)c(F)c3)C(=O)C(=O)N2Cc2ccco2)cc1. The molecule has 0 saturated carbocycles. The first kappa shape index (κ1) is 22.8. The second kappa shape index (κ2) is 9.66. The van der Waals surface area contributed by atoms with E-state index in [-0.39, 0.29) is 23.4 Å². The first-order chi connectivity index (χ1) is 16.4. The molecule has 4 rings (SSSR count). The average Bonchev–Trinajstić information content (AvgIpc) is 3.45. The van der Waals surface area contributed by atoms with Crippen LogP contribution in [0.4, 0.5) is 4.39 Å². The highest BCUT2D eigenvalue weighted by Crippen LogP contribution is 2.41. The molecule has 0 unspecified atom stereocenters. The lowest BCUT2D eigenvalue weighted by atomic mass is 9.95. The van der Waals surface area contributed by atoms with E-state index in [1.807, 2.05) is 0 Å². The Morgan fingerprint density at radius 3 is 2.59 bits per heavy atom. The number of hydrogen-bond donors (Lipinski definition) is 1. The van der Waals surface area contributed by atoms with Gasteiger partial charge in [0.15, 0.2) is 11.6 Å². The van der Waals surface area contributed by atoms with Crippen molar-refractivity contribution in [2.75, 3.05) is 13.7 Å². The number of ether oxygens (including phenoxy) is 2. The van der Waals surface area contributed by atoms with Crippen molar-refractivity contribution in [3.8, 4) is 11.5 Å². The van der Waals surface area contributed by atoms with Crippen LogP contribution in [0.15, 0.2) is 83.5 Å². The lowest BCUT2D eigenvalue weighted by molar-refractivity contribution is -0.140. The van der Waals surface area contributed by atoms with Crippen LogP contribution in [0.25, 0.3) is 5.76 Å². The number of aliphatic hydroxyl groups is 1. The van der Waals surface area contributed by atoms with Crippen LogP contribution in [0.2, 0.25) is 0 Å². The van der Waals surface area contributed by atoms with E-state index in [1.165, 1.54) is 30.4 Å². The molecular formula is C26H22FNO6. The first-order valence-corrected chi connectivity index (χ1v) is 10.4. The van der Waals surface area contributed by atoms with Gasteiger partial charge in [0.05, 0.1) is 31.5 Å². The number of carbonyl (C=O) groups is 2. The molecule has 1 fully saturated rings. The molecule has 0 bridgehead atoms. The molecule has 1 amide bonds. The van der Waals surface area contributed by atoms with Crippen LogP contribution in [0, 0.1) is 5.82 Å². The molecule has 1 aliphatic heterocycles. The Labute approximate surface area is 195 Å². The topological polar surface area (TPSA) is 89.2 Å². The Kier molecular flexibility index (Phi) is 6.49. The van der Waals surface area contributed by atoms with Crippen molar-refractivity contribution in [3.05, 3.63) is 102 Å². The van der Waals surface area contributed by atoms with Crippen LogP contribution in [-0.4, -0.2) is 35.4 Å². The summed E-state index contributed by atoms with van der Waals surface area (Å²) < 4.78 is 30.1. The van der Waals surface area contributed by atoms with Crippen LogP contribution >= 0.6 is 0 Å². The summed E-state index contributed by atoms with van der Waals surface area (Å²) in [5.41, 5.74) is 0.457. The van der Waals surface area contributed by atoms with Gasteiger partial charge in [-0.05, 0) is 48.0 Å². The minimum Gasteiger partial charge on any atom is -0.507 e. The number of hydrogen-bond acceptors (Lipinski definition) is 6. The zero-order valence-corrected chi connectivity index (χ0v) is 18.4. The second-order valence-electron chi connectivity index (χ2n) is 7.52. The van der Waals surface area contributed by atoms with Gasteiger partial charge in [0.2, 0.25) is 0 Å². The minimum atomic E-state index is -0.927. The van der Waals surface area contributed by atoms with Gasteiger partial charge >= 0.3 is 0 Å². The Morgan fingerprint density at radius 1 is 1.21 bits per heavy atom. The quantitative estimate of drug-likeness (QED) is 0.227. The van der Waals surface area contributed by atoms with Gasteiger partial charge in [0.1, 0.15) is 23.9 Å². The summed E-state index contributed by atoms with van der Waals surface area (Å²) in [6, 6.07) is 13.0. The number of likely N-dealkylation sites (tertiary alicyclic amines) is 1. The van der Waals surface area contributed by atoms with E-state index in [4.69, 9.17) is 13.9 Å². The number of carbonyl (C=O) groups excluding carboxylic acids is 2. The van der Waals surface area contributed by atoms with Crippen molar-refractivity contribution >= 4 is 17.4 Å². The van der Waals surface area contributed by atoms with Crippen LogP contribution < -0.4 is 9.47 Å². The number of ketones is 1. The monoisotopic (exact) mass is 463 g/mol. The van der Waals surface area contributed by atoms with Crippen molar-refractivity contribution < 1.29 is 33.0 Å². The molecule has 8 heteroatoms. The predicted octanol–water partition coefficient (Wildman–Crippen LogP) is 4.61. The number of nitrogens with zero attached hydrogens (tertiary/aromatic N) is 1. The minimum absolute atomic E-state index is 0.00467. The van der Waals surface area contributed by atoms with Crippen molar-refractivity contribution in [1.29, 1.82) is 0 Å². The van der Waals surface area contributed by atoms with E-state index < -0.39 is 29.3 Å². The van der Waals surface area contributed by atoms with E-state index >= 15 is 0 Å². The van der Waals surface area contributed by atoms with E-state index in [1.54, 1.807) is 42.5 Å². The summed E-state index contributed by atoms with van der Waals surface area (Å²) >= 11 is 0. The van der Waals surface area contributed by atoms with Gasteiger partial charge in [-0.3, -0.25) is 9.59 Å². The maximum Gasteiger partial charge on any atom is 0.296 e. The van der Waals surface area contributed by atoms with Gasteiger partial charge < -0.3 is 23.9 Å². The number of benzene rings is 2. The highest BCUT2D eigenvalue weighted by molar-refractivity contribution is 6.46. The summed E-state index contributed by atoms with van der Waals surface area (Å²) in [6.07, 6.45) is 3.08. The molecule has 1 aromatic heterocycles. The molecule has 1 aliphatic rings. The highest BCUT2D eigenvalue weighted by atomic mass is 19.1. The number of Topliss-reactive ketones (excluding diaryl/α,β-unsaturated/α-hetero) is 1. The Hall–Kier alpha value is -4.33. The summed E-state index contributed by atoms with van der Waals surface area (Å²) in [5.74, 6) is -1.85. The summed E-state index contributed by atoms with van der Waals surface area (Å²) in [7, 11) is 1.32. The van der Waals surface area contributed by atoms with Crippen molar-refractivity contribution in [3.63, 3.8) is 0 Å². The zero-order chi connectivity index (χ0) is 24.2. The Bertz CT molecular complexity index is 1250. The van der Waals surface area contributed by atoms with E-state index in [0.29, 0.717) is 23.7 Å². The molecule has 0 aliphatic carbocycles. The maximum absolute atomic E-state index is 14.3. The molecule has 7 nitrogen and oxygen atoms in total. The van der Waals surface area contributed by atoms with E-state index in [2.05, 4.69) is 6.58 Å². The third kappa shape index (κ3) is 4.30. The van der Waals surface area contributed by atoms with Gasteiger partial charge in [-0.15, -0.1) is 0 Å². The first-order valence-electron chi connectivity index (χ1n) is 10.4. The van der Waals surface area contributed by atoms with Gasteiger partial charge in [0, 0.05) is 5.56 Å². The molecule has 0 spiro atoms. The fourth-order valence-electron chi connectivity index (χ4n) is 3.83. The number of aliphatic hydroxyl groups excluding tert-OH is 1. The summed E-state index contributed by atoms with van der Waals surface area (Å²) in [5, 5.41) is 11.1. The van der Waals surface area contributed by atoms with Crippen LogP contribution in [-0.2, 0) is 16.1 Å². The molecule has 174 valence electrons. The molecule has 0 radical (unpaired) electrons. The Balaban J connectivity index is 1.81. The summed E-state index contributed by atoms with van der Waals surface area (Å²) in [4.78, 5) is 27.4. The average molecular weight is 463 g/mol. The molecule has 34 heavy (non-hydrogen) atoms. The van der Waals surface area contributed by atoms with Crippen molar-refractivity contribution in [1.82, 2.24) is 4.90 Å². The molecular weight excluding hydrogens is 441 g/mol. The Morgan fingerprint density at radius 2 is 1.97 bits per heavy atom. The van der Waals surface area contributed by atoms with Gasteiger partial charge in [-0.2, -0.15) is 0 Å². The summed E-state index contributed by atoms with van der Waals surface area (Å²) in [6.45, 7) is 3.93. The largest absolute Gasteiger partial charge is 0.507 e. The number of furan rings is 1. The standard InChI is InChI=1S/C26H22FNO6/c1-3-12-33-18-9-6-16(7-10-18)23-22(24(29)17-8-11-21(32-2)20(27)14-17)25(30)26(31)28(23)15-19-5-4-13-34-19/h3-11,13-14,23,29H,1,12,15H2,2H3/t23-/m0/s1. The van der Waals surface area contributed by atoms with Gasteiger partial charge in [0.25, 0.3) is 11.7 Å². The number of methoxy groups -OCH3 is 1. The van der Waals surface area contributed by atoms with E-state index in [9.17, 15) is 19.1 Å². The smallest absolute Gasteiger partial charge is 0.296 e. The molecule has 1 N–H and O–H groups in total. The van der Waals surface area contributed by atoms with Crippen LogP contribution in [0.1, 0.15) is 22.9 Å². The molecule has 2 heterocycles. The normalized spacial score (nSPS) is 17.1. The zero-order valence-electron chi connectivity index (χ0n) is 18.4. The highest BCUT2D eigenvalue weighted by Gasteiger charge is 2.46. The van der Waals surface area contributed by atoms with E-state index in [0.717, 1.165) is 6.07 Å². The third-order valence-electron chi connectivity index (χ3n) is 5.44. The molecule has 1 atom stereocenters. The number of amides is 1. The lowest BCUT2D eigenvalue weighted by Crippen LogP contribution is -2.29. The maximum atomic E-state index is 14.3. The second-order valence-corrected chi connectivity index (χ2v) is 7.52. The van der Waals surface area contributed by atoms with Crippen LogP contribution in [0.3, 0.4) is 0 Å². The lowest BCUT2D eigenvalue weighted by Gasteiger charge is -2.24. The number of halogens is 1. The van der Waals surface area contributed by atoms with Gasteiger partial charge in [-0.25, -0.2) is 4.39 Å². The van der Waals surface area contributed by atoms with Crippen LogP contribution in [0.5, 0.6) is 11.5 Å². The predicted molar refractivity (Wildman–Crippen MR) is 122 cm³/mol. The number of rotatable bonds is 8.